The van der Waals surface area contributed by atoms with Gasteiger partial charge in [-0.05, 0) is 36.2 Å². The molecule has 5 N–H and O–H groups in total. The maximum atomic E-state index is 12.3. The number of nitrogens with zero attached hydrogens (tertiary/aromatic N) is 1. The van der Waals surface area contributed by atoms with E-state index in [9.17, 15) is 15.2 Å². The molecule has 1 amide bonds. The van der Waals surface area contributed by atoms with Crippen LogP contribution < -0.4 is 11.1 Å². The summed E-state index contributed by atoms with van der Waals surface area (Å²) in [6.07, 6.45) is 0. The molecule has 23 heavy (non-hydrogen) atoms. The Bertz CT molecular complexity index is 856. The number of carbonyl (C=O) groups excluding carboxylic acids is 1. The number of guanidine groups is 1. The lowest BCUT2D eigenvalue weighted by molar-refractivity contribution is 0.0974. The highest BCUT2D eigenvalue weighted by molar-refractivity contribution is 6.31. The lowest BCUT2D eigenvalue weighted by Crippen LogP contribution is -2.36. The standard InChI is InChI=1S/C16H13ClN4O2/c1-8-10(3-2-4-11(8)17)13-9(7-18)5-6-12(22)14(13)15(23)21-16(19)20/h2-6,22H,1H3,(H4,19,20,21,23). The first-order chi connectivity index (χ1) is 10.9. The van der Waals surface area contributed by atoms with Gasteiger partial charge in [-0.1, -0.05) is 23.7 Å². The second kappa shape index (κ2) is 6.38. The van der Waals surface area contributed by atoms with Crippen LogP contribution in [0, 0.1) is 23.7 Å². The first-order valence-corrected chi connectivity index (χ1v) is 6.91. The van der Waals surface area contributed by atoms with Gasteiger partial charge < -0.3 is 10.8 Å². The molecule has 2 rings (SSSR count). The maximum Gasteiger partial charge on any atom is 0.262 e. The number of nitriles is 1. The first-order valence-electron chi connectivity index (χ1n) is 6.53. The second-order valence-corrected chi connectivity index (χ2v) is 5.18. The molecule has 2 aromatic carbocycles. The van der Waals surface area contributed by atoms with E-state index in [0.717, 1.165) is 0 Å². The zero-order valence-electron chi connectivity index (χ0n) is 12.1. The fraction of sp³-hybridized carbons (Fsp3) is 0.0625. The van der Waals surface area contributed by atoms with Crippen molar-refractivity contribution in [1.29, 1.82) is 10.7 Å². The molecule has 7 heteroatoms. The highest BCUT2D eigenvalue weighted by atomic mass is 35.5. The molecule has 0 spiro atoms. The number of hydrogen-bond donors (Lipinski definition) is 4. The van der Waals surface area contributed by atoms with Crippen molar-refractivity contribution in [3.63, 3.8) is 0 Å². The minimum atomic E-state index is -0.776. The average Bonchev–Trinajstić information content (AvgIpc) is 2.49. The molecule has 0 saturated carbocycles. The minimum Gasteiger partial charge on any atom is -0.507 e. The number of phenolic OH excluding ortho intramolecular Hbond substituents is 1. The lowest BCUT2D eigenvalue weighted by Gasteiger charge is -2.15. The highest BCUT2D eigenvalue weighted by Crippen LogP contribution is 2.37. The monoisotopic (exact) mass is 328 g/mol. The van der Waals surface area contributed by atoms with E-state index in [1.165, 1.54) is 12.1 Å². The van der Waals surface area contributed by atoms with Crippen LogP contribution in [0.4, 0.5) is 0 Å². The van der Waals surface area contributed by atoms with Crippen LogP contribution >= 0.6 is 11.6 Å². The molecule has 0 saturated heterocycles. The summed E-state index contributed by atoms with van der Waals surface area (Å²) in [6.45, 7) is 1.75. The molecule has 0 aliphatic carbocycles. The molecule has 0 aromatic heterocycles. The van der Waals surface area contributed by atoms with Gasteiger partial charge in [-0.15, -0.1) is 0 Å². The number of nitrogens with one attached hydrogen (secondary N) is 2. The highest BCUT2D eigenvalue weighted by Gasteiger charge is 2.23. The van der Waals surface area contributed by atoms with Crippen LogP contribution in [0.1, 0.15) is 21.5 Å². The van der Waals surface area contributed by atoms with Crippen molar-refractivity contribution < 1.29 is 9.90 Å². The number of halogens is 1. The predicted octanol–water partition coefficient (Wildman–Crippen LogP) is 2.52. The van der Waals surface area contributed by atoms with Crippen molar-refractivity contribution in [2.75, 3.05) is 0 Å². The summed E-state index contributed by atoms with van der Waals surface area (Å²) in [5, 5.41) is 29.2. The van der Waals surface area contributed by atoms with Gasteiger partial charge in [0.2, 0.25) is 0 Å². The molecule has 0 aliphatic rings. The molecule has 0 unspecified atom stereocenters. The Labute approximate surface area is 137 Å². The van der Waals surface area contributed by atoms with E-state index in [1.54, 1.807) is 25.1 Å². The molecular formula is C16H13ClN4O2. The van der Waals surface area contributed by atoms with Gasteiger partial charge >= 0.3 is 0 Å². The zero-order chi connectivity index (χ0) is 17.1. The molecule has 116 valence electrons. The van der Waals surface area contributed by atoms with E-state index < -0.39 is 11.9 Å². The summed E-state index contributed by atoms with van der Waals surface area (Å²) in [7, 11) is 0. The number of aromatic hydroxyl groups is 1. The third-order valence-electron chi connectivity index (χ3n) is 3.32. The van der Waals surface area contributed by atoms with Crippen LogP contribution in [0.2, 0.25) is 5.02 Å². The third kappa shape index (κ3) is 3.10. The summed E-state index contributed by atoms with van der Waals surface area (Å²) < 4.78 is 0. The van der Waals surface area contributed by atoms with Crippen LogP contribution in [0.25, 0.3) is 11.1 Å². The van der Waals surface area contributed by atoms with Gasteiger partial charge in [-0.3, -0.25) is 15.5 Å². The molecule has 6 nitrogen and oxygen atoms in total. The van der Waals surface area contributed by atoms with Gasteiger partial charge in [0, 0.05) is 10.6 Å². The Hall–Kier alpha value is -3.04. The Kier molecular flexibility index (Phi) is 4.53. The van der Waals surface area contributed by atoms with Gasteiger partial charge in [0.05, 0.1) is 17.2 Å². The molecular weight excluding hydrogens is 316 g/mol. The number of nitrogens with two attached hydrogens (primary N) is 1. The Morgan fingerprint density at radius 3 is 2.70 bits per heavy atom. The maximum absolute atomic E-state index is 12.3. The molecule has 0 fully saturated rings. The van der Waals surface area contributed by atoms with E-state index in [1.807, 2.05) is 6.07 Å². The van der Waals surface area contributed by atoms with Gasteiger partial charge in [-0.25, -0.2) is 0 Å². The number of rotatable bonds is 2. The van der Waals surface area contributed by atoms with Crippen LogP contribution in [0.5, 0.6) is 5.75 Å². The van der Waals surface area contributed by atoms with Crippen molar-refractivity contribution in [3.05, 3.63) is 52.0 Å². The molecule has 0 aliphatic heterocycles. The quantitative estimate of drug-likeness (QED) is 0.499. The van der Waals surface area contributed by atoms with E-state index in [-0.39, 0.29) is 22.4 Å². The largest absolute Gasteiger partial charge is 0.507 e. The second-order valence-electron chi connectivity index (χ2n) is 4.77. The number of carbonyl (C=O) groups is 1. The lowest BCUT2D eigenvalue weighted by atomic mass is 9.91. The molecule has 0 heterocycles. The summed E-state index contributed by atoms with van der Waals surface area (Å²) in [5.41, 5.74) is 6.68. The normalized spacial score (nSPS) is 9.96. The summed E-state index contributed by atoms with van der Waals surface area (Å²) >= 11 is 6.12. The average molecular weight is 329 g/mol. The van der Waals surface area contributed by atoms with Crippen molar-refractivity contribution in [1.82, 2.24) is 5.32 Å². The van der Waals surface area contributed by atoms with Crippen LogP contribution in [0.3, 0.4) is 0 Å². The Balaban J connectivity index is 2.83. The fourth-order valence-electron chi connectivity index (χ4n) is 2.26. The number of hydrogen-bond acceptors (Lipinski definition) is 4. The minimum absolute atomic E-state index is 0.135. The van der Waals surface area contributed by atoms with Crippen molar-refractivity contribution in [2.45, 2.75) is 6.92 Å². The van der Waals surface area contributed by atoms with Crippen LogP contribution in [0.15, 0.2) is 30.3 Å². The fourth-order valence-corrected chi connectivity index (χ4v) is 2.43. The SMILES string of the molecule is Cc1c(Cl)cccc1-c1c(C#N)ccc(O)c1C(=O)NC(=N)N. The van der Waals surface area contributed by atoms with E-state index >= 15 is 0 Å². The van der Waals surface area contributed by atoms with Crippen molar-refractivity contribution in [3.8, 4) is 22.9 Å². The van der Waals surface area contributed by atoms with Gasteiger partial charge in [0.1, 0.15) is 5.75 Å². The Morgan fingerprint density at radius 2 is 2.09 bits per heavy atom. The summed E-state index contributed by atoms with van der Waals surface area (Å²) in [6, 6.07) is 9.72. The number of phenols is 1. The van der Waals surface area contributed by atoms with E-state index in [0.29, 0.717) is 16.1 Å². The van der Waals surface area contributed by atoms with Crippen molar-refractivity contribution >= 4 is 23.5 Å². The molecule has 0 atom stereocenters. The number of amides is 1. The van der Waals surface area contributed by atoms with Gasteiger partial charge in [-0.2, -0.15) is 5.26 Å². The van der Waals surface area contributed by atoms with Crippen molar-refractivity contribution in [2.24, 2.45) is 5.73 Å². The van der Waals surface area contributed by atoms with Gasteiger partial charge in [0.25, 0.3) is 5.91 Å². The van der Waals surface area contributed by atoms with Gasteiger partial charge in [0.15, 0.2) is 5.96 Å². The zero-order valence-corrected chi connectivity index (χ0v) is 12.9. The van der Waals surface area contributed by atoms with Crippen LogP contribution in [-0.2, 0) is 0 Å². The van der Waals surface area contributed by atoms with E-state index in [4.69, 9.17) is 22.7 Å². The summed E-state index contributed by atoms with van der Waals surface area (Å²) in [4.78, 5) is 12.3. The Morgan fingerprint density at radius 1 is 1.39 bits per heavy atom. The topological polar surface area (TPSA) is 123 Å². The summed E-state index contributed by atoms with van der Waals surface area (Å²) in [5.74, 6) is -1.66. The van der Waals surface area contributed by atoms with Crippen LogP contribution in [-0.4, -0.2) is 17.0 Å². The molecule has 0 bridgehead atoms. The first kappa shape index (κ1) is 16.3. The molecule has 2 aromatic rings. The van der Waals surface area contributed by atoms with E-state index in [2.05, 4.69) is 5.32 Å². The molecule has 0 radical (unpaired) electrons. The predicted molar refractivity (Wildman–Crippen MR) is 87.4 cm³/mol. The number of benzene rings is 2. The third-order valence-corrected chi connectivity index (χ3v) is 3.73. The smallest absolute Gasteiger partial charge is 0.262 e.